The fourth-order valence-corrected chi connectivity index (χ4v) is 5.17. The van der Waals surface area contributed by atoms with Crippen molar-refractivity contribution >= 4 is 17.7 Å². The van der Waals surface area contributed by atoms with Crippen LogP contribution in [0.3, 0.4) is 0 Å². The lowest BCUT2D eigenvalue weighted by Gasteiger charge is -2.47. The van der Waals surface area contributed by atoms with Crippen LogP contribution in [0.25, 0.3) is 0 Å². The molecule has 3 heterocycles. The first kappa shape index (κ1) is 15.5. The molecule has 1 saturated carbocycles. The van der Waals surface area contributed by atoms with Gasteiger partial charge >= 0.3 is 0 Å². The van der Waals surface area contributed by atoms with Gasteiger partial charge < -0.3 is 9.64 Å². The third-order valence-electron chi connectivity index (χ3n) is 5.01. The Morgan fingerprint density at radius 3 is 2.70 bits per heavy atom. The predicted octanol–water partition coefficient (Wildman–Crippen LogP) is 2.83. The van der Waals surface area contributed by atoms with Gasteiger partial charge in [0.25, 0.3) is 5.91 Å². The molecule has 124 valence electrons. The Morgan fingerprint density at radius 2 is 2.04 bits per heavy atom. The Hall–Kier alpha value is -1.07. The van der Waals surface area contributed by atoms with Crippen LogP contribution in [0.2, 0.25) is 0 Å². The summed E-state index contributed by atoms with van der Waals surface area (Å²) in [7, 11) is 0. The van der Waals surface area contributed by atoms with Gasteiger partial charge in [0.05, 0.1) is 10.9 Å². The molecule has 1 spiro atoms. The number of hydrogen-bond acceptors (Lipinski definition) is 4. The first-order valence-corrected chi connectivity index (χ1v) is 9.52. The van der Waals surface area contributed by atoms with Gasteiger partial charge in [0.1, 0.15) is 0 Å². The van der Waals surface area contributed by atoms with Gasteiger partial charge in [-0.05, 0) is 51.2 Å². The molecule has 0 bridgehead atoms. The molecule has 1 atom stereocenters. The fraction of sp³-hybridized carbons (Fsp3) is 0.667. The van der Waals surface area contributed by atoms with E-state index in [0.717, 1.165) is 54.7 Å². The smallest absolute Gasteiger partial charge is 0.254 e. The van der Waals surface area contributed by atoms with Crippen molar-refractivity contribution in [3.63, 3.8) is 0 Å². The lowest BCUT2D eigenvalue weighted by molar-refractivity contribution is 0.0287. The fourth-order valence-electron chi connectivity index (χ4n) is 3.62. The maximum absolute atomic E-state index is 12.6. The molecule has 0 unspecified atom stereocenters. The number of ether oxygens (including phenoxy) is 1. The van der Waals surface area contributed by atoms with E-state index in [1.54, 1.807) is 0 Å². The second kappa shape index (κ2) is 5.78. The van der Waals surface area contributed by atoms with Gasteiger partial charge in [-0.2, -0.15) is 0 Å². The van der Waals surface area contributed by atoms with Crippen LogP contribution in [0.4, 0.5) is 0 Å². The van der Waals surface area contributed by atoms with E-state index < -0.39 is 0 Å². The second-order valence-electron chi connectivity index (χ2n) is 7.40. The van der Waals surface area contributed by atoms with E-state index in [9.17, 15) is 4.79 Å². The summed E-state index contributed by atoms with van der Waals surface area (Å²) in [6, 6.07) is 3.79. The number of nitrogens with zero attached hydrogens (tertiary/aromatic N) is 2. The Morgan fingerprint density at radius 1 is 1.35 bits per heavy atom. The third-order valence-corrected chi connectivity index (χ3v) is 6.59. The van der Waals surface area contributed by atoms with Crippen molar-refractivity contribution in [1.82, 2.24) is 9.88 Å². The number of thioether (sulfide) groups is 1. The van der Waals surface area contributed by atoms with E-state index in [2.05, 4.69) is 4.98 Å². The molecule has 2 aliphatic heterocycles. The predicted molar refractivity (Wildman–Crippen MR) is 91.9 cm³/mol. The maximum Gasteiger partial charge on any atom is 0.254 e. The second-order valence-corrected chi connectivity index (χ2v) is 8.88. The summed E-state index contributed by atoms with van der Waals surface area (Å²) in [5.74, 6) is 2.06. The van der Waals surface area contributed by atoms with Crippen molar-refractivity contribution in [2.45, 2.75) is 44.0 Å². The summed E-state index contributed by atoms with van der Waals surface area (Å²) in [5, 5.41) is 0. The Kier molecular flexibility index (Phi) is 3.88. The minimum Gasteiger partial charge on any atom is -0.377 e. The molecule has 23 heavy (non-hydrogen) atoms. The maximum atomic E-state index is 12.6. The number of hydrogen-bond donors (Lipinski definition) is 0. The summed E-state index contributed by atoms with van der Waals surface area (Å²) < 4.78 is 6.29. The molecular weight excluding hydrogens is 308 g/mol. The quantitative estimate of drug-likeness (QED) is 0.850. The van der Waals surface area contributed by atoms with E-state index in [1.807, 2.05) is 42.6 Å². The average molecular weight is 332 g/mol. The van der Waals surface area contributed by atoms with Crippen LogP contribution in [0.15, 0.2) is 12.1 Å². The van der Waals surface area contributed by atoms with Gasteiger partial charge in [-0.25, -0.2) is 0 Å². The van der Waals surface area contributed by atoms with Crippen LogP contribution in [0.5, 0.6) is 0 Å². The third kappa shape index (κ3) is 3.26. The molecule has 0 N–H and O–H groups in total. The minimum atomic E-state index is 0.146. The Bertz CT molecular complexity index is 603. The molecule has 1 amide bonds. The van der Waals surface area contributed by atoms with Gasteiger partial charge in [-0.3, -0.25) is 9.78 Å². The standard InChI is InChI=1S/C18H24N2O2S/c1-12-5-15(6-13(2)19-12)17(21)20-10-18(11-20)7-16(9-23-18)22-8-14-3-4-14/h5-6,14,16H,3-4,7-11H2,1-2H3/t16-/m1/s1. The number of carbonyl (C=O) groups is 1. The van der Waals surface area contributed by atoms with Gasteiger partial charge in [0.15, 0.2) is 0 Å². The van der Waals surface area contributed by atoms with Gasteiger partial charge in [-0.15, -0.1) is 11.8 Å². The van der Waals surface area contributed by atoms with Crippen LogP contribution in [0, 0.1) is 19.8 Å². The molecule has 1 aromatic rings. The highest BCUT2D eigenvalue weighted by molar-refractivity contribution is 8.01. The first-order valence-electron chi connectivity index (χ1n) is 8.53. The van der Waals surface area contributed by atoms with Crippen molar-refractivity contribution in [3.8, 4) is 0 Å². The normalized spacial score (nSPS) is 25.7. The van der Waals surface area contributed by atoms with Gasteiger partial charge in [0.2, 0.25) is 0 Å². The number of pyridine rings is 1. The van der Waals surface area contributed by atoms with E-state index in [1.165, 1.54) is 12.8 Å². The number of aromatic nitrogens is 1. The molecule has 3 fully saturated rings. The lowest BCUT2D eigenvalue weighted by atomic mass is 9.92. The van der Waals surface area contributed by atoms with Gasteiger partial charge in [0, 0.05) is 42.4 Å². The monoisotopic (exact) mass is 332 g/mol. The number of amides is 1. The van der Waals surface area contributed by atoms with Crippen molar-refractivity contribution in [3.05, 3.63) is 29.1 Å². The largest absolute Gasteiger partial charge is 0.377 e. The van der Waals surface area contributed by atoms with Crippen molar-refractivity contribution in [2.24, 2.45) is 5.92 Å². The zero-order valence-corrected chi connectivity index (χ0v) is 14.7. The highest BCUT2D eigenvalue weighted by Crippen LogP contribution is 2.46. The molecule has 1 aromatic heterocycles. The Labute approximate surface area is 142 Å². The average Bonchev–Trinajstić information content (AvgIpc) is 3.20. The van der Waals surface area contributed by atoms with Crippen molar-refractivity contribution in [2.75, 3.05) is 25.4 Å². The molecule has 2 saturated heterocycles. The van der Waals surface area contributed by atoms with Gasteiger partial charge in [-0.1, -0.05) is 0 Å². The molecule has 1 aliphatic carbocycles. The summed E-state index contributed by atoms with van der Waals surface area (Å²) >= 11 is 2.00. The topological polar surface area (TPSA) is 42.4 Å². The number of aryl methyl sites for hydroxylation is 2. The highest BCUT2D eigenvalue weighted by Gasteiger charge is 2.51. The van der Waals surface area contributed by atoms with E-state index in [4.69, 9.17) is 4.74 Å². The molecule has 0 radical (unpaired) electrons. The summed E-state index contributed by atoms with van der Waals surface area (Å²) in [6.45, 7) is 6.55. The van der Waals surface area contributed by atoms with Crippen LogP contribution in [-0.2, 0) is 4.74 Å². The summed E-state index contributed by atoms with van der Waals surface area (Å²) in [4.78, 5) is 19.0. The van der Waals surface area contributed by atoms with Crippen LogP contribution in [-0.4, -0.2) is 52.1 Å². The lowest BCUT2D eigenvalue weighted by Crippen LogP contribution is -2.60. The SMILES string of the molecule is Cc1cc(C(=O)N2CC3(C[C@@H](OCC4CC4)CS3)C2)cc(C)n1. The molecule has 0 aromatic carbocycles. The van der Waals surface area contributed by atoms with Crippen LogP contribution < -0.4 is 0 Å². The van der Waals surface area contributed by atoms with E-state index in [-0.39, 0.29) is 10.7 Å². The molecule has 3 aliphatic rings. The van der Waals surface area contributed by atoms with Crippen molar-refractivity contribution in [1.29, 1.82) is 0 Å². The molecule has 4 nitrogen and oxygen atoms in total. The summed E-state index contributed by atoms with van der Waals surface area (Å²) in [5.41, 5.74) is 2.59. The van der Waals surface area contributed by atoms with Crippen LogP contribution in [0.1, 0.15) is 41.0 Å². The highest BCUT2D eigenvalue weighted by atomic mass is 32.2. The zero-order valence-electron chi connectivity index (χ0n) is 13.9. The number of carbonyl (C=O) groups excluding carboxylic acids is 1. The van der Waals surface area contributed by atoms with E-state index >= 15 is 0 Å². The van der Waals surface area contributed by atoms with Crippen molar-refractivity contribution < 1.29 is 9.53 Å². The first-order chi connectivity index (χ1) is 11.0. The number of likely N-dealkylation sites (tertiary alicyclic amines) is 1. The minimum absolute atomic E-state index is 0.146. The Balaban J connectivity index is 1.32. The molecule has 5 heteroatoms. The summed E-state index contributed by atoms with van der Waals surface area (Å²) in [6.07, 6.45) is 4.18. The molecule has 4 rings (SSSR count). The number of rotatable bonds is 4. The zero-order chi connectivity index (χ0) is 16.0. The van der Waals surface area contributed by atoms with Crippen LogP contribution >= 0.6 is 11.8 Å². The molecular formula is C18H24N2O2S. The van der Waals surface area contributed by atoms with E-state index in [0.29, 0.717) is 6.10 Å².